The summed E-state index contributed by atoms with van der Waals surface area (Å²) in [7, 11) is 0. The quantitative estimate of drug-likeness (QED) is 0.770. The number of benzene rings is 1. The molecule has 13 heavy (non-hydrogen) atoms. The lowest BCUT2D eigenvalue weighted by atomic mass is 10.1. The van der Waals surface area contributed by atoms with E-state index in [-0.39, 0.29) is 6.04 Å². The Morgan fingerprint density at radius 2 is 2.00 bits per heavy atom. The SMILES string of the molecule is Cc1ccc(OC[C@H](C)N)cc1C. The zero-order chi connectivity index (χ0) is 9.84. The van der Waals surface area contributed by atoms with Gasteiger partial charge in [0.1, 0.15) is 12.4 Å². The molecule has 0 aromatic heterocycles. The van der Waals surface area contributed by atoms with Crippen molar-refractivity contribution >= 4 is 0 Å². The molecule has 0 amide bonds. The molecule has 1 aromatic carbocycles. The number of hydrogen-bond acceptors (Lipinski definition) is 2. The van der Waals surface area contributed by atoms with Crippen LogP contribution in [-0.2, 0) is 0 Å². The molecule has 0 fully saturated rings. The van der Waals surface area contributed by atoms with Crippen LogP contribution in [0.2, 0.25) is 0 Å². The maximum absolute atomic E-state index is 5.58. The second kappa shape index (κ2) is 4.28. The van der Waals surface area contributed by atoms with Gasteiger partial charge < -0.3 is 10.5 Å². The molecule has 1 aromatic rings. The summed E-state index contributed by atoms with van der Waals surface area (Å²) in [5, 5.41) is 0. The fourth-order valence-corrected chi connectivity index (χ4v) is 1.03. The average Bonchev–Trinajstić information content (AvgIpc) is 2.07. The first-order chi connectivity index (χ1) is 6.09. The van der Waals surface area contributed by atoms with Gasteiger partial charge in [-0.1, -0.05) is 6.07 Å². The number of rotatable bonds is 3. The van der Waals surface area contributed by atoms with Gasteiger partial charge in [0.05, 0.1) is 0 Å². The molecule has 0 saturated carbocycles. The molecule has 0 bridgehead atoms. The van der Waals surface area contributed by atoms with Crippen molar-refractivity contribution in [1.29, 1.82) is 0 Å². The van der Waals surface area contributed by atoms with Gasteiger partial charge in [-0.3, -0.25) is 0 Å². The molecular formula is C11H17NO. The number of ether oxygens (including phenoxy) is 1. The molecule has 0 spiro atoms. The van der Waals surface area contributed by atoms with Crippen LogP contribution in [0.5, 0.6) is 5.75 Å². The Balaban J connectivity index is 2.63. The largest absolute Gasteiger partial charge is 0.492 e. The first kappa shape index (κ1) is 10.1. The first-order valence-electron chi connectivity index (χ1n) is 4.55. The van der Waals surface area contributed by atoms with E-state index in [2.05, 4.69) is 19.9 Å². The lowest BCUT2D eigenvalue weighted by Gasteiger charge is -2.09. The van der Waals surface area contributed by atoms with E-state index < -0.39 is 0 Å². The summed E-state index contributed by atoms with van der Waals surface area (Å²) in [5.41, 5.74) is 8.12. The van der Waals surface area contributed by atoms with Crippen molar-refractivity contribution in [2.75, 3.05) is 6.61 Å². The molecule has 0 unspecified atom stereocenters. The summed E-state index contributed by atoms with van der Waals surface area (Å²) in [4.78, 5) is 0. The Morgan fingerprint density at radius 3 is 2.54 bits per heavy atom. The molecule has 0 aliphatic rings. The van der Waals surface area contributed by atoms with Crippen molar-refractivity contribution < 1.29 is 4.74 Å². The molecule has 0 radical (unpaired) electrons. The van der Waals surface area contributed by atoms with E-state index in [1.165, 1.54) is 11.1 Å². The average molecular weight is 179 g/mol. The van der Waals surface area contributed by atoms with Gasteiger partial charge in [0.2, 0.25) is 0 Å². The Morgan fingerprint density at radius 1 is 1.31 bits per heavy atom. The lowest BCUT2D eigenvalue weighted by molar-refractivity contribution is 0.296. The third kappa shape index (κ3) is 3.07. The summed E-state index contributed by atoms with van der Waals surface area (Å²) in [6.45, 7) is 6.67. The molecule has 2 nitrogen and oxygen atoms in total. The number of hydrogen-bond donors (Lipinski definition) is 1. The normalized spacial score (nSPS) is 12.6. The van der Waals surface area contributed by atoms with Gasteiger partial charge in [-0.2, -0.15) is 0 Å². The van der Waals surface area contributed by atoms with Crippen LogP contribution in [0.15, 0.2) is 18.2 Å². The lowest BCUT2D eigenvalue weighted by Crippen LogP contribution is -2.23. The second-order valence-corrected chi connectivity index (χ2v) is 3.53. The molecule has 1 atom stereocenters. The van der Waals surface area contributed by atoms with Crippen molar-refractivity contribution in [3.8, 4) is 5.75 Å². The van der Waals surface area contributed by atoms with E-state index in [4.69, 9.17) is 10.5 Å². The van der Waals surface area contributed by atoms with Gasteiger partial charge in [-0.15, -0.1) is 0 Å². The van der Waals surface area contributed by atoms with E-state index in [9.17, 15) is 0 Å². The maximum atomic E-state index is 5.58. The predicted molar refractivity (Wildman–Crippen MR) is 55.1 cm³/mol. The highest BCUT2D eigenvalue weighted by atomic mass is 16.5. The zero-order valence-corrected chi connectivity index (χ0v) is 8.50. The van der Waals surface area contributed by atoms with Crippen LogP contribution < -0.4 is 10.5 Å². The minimum absolute atomic E-state index is 0.0848. The Labute approximate surface area is 79.7 Å². The summed E-state index contributed by atoms with van der Waals surface area (Å²) in [6.07, 6.45) is 0. The molecule has 0 aliphatic heterocycles. The molecule has 0 heterocycles. The van der Waals surface area contributed by atoms with Gasteiger partial charge in [-0.05, 0) is 44.0 Å². The fraction of sp³-hybridized carbons (Fsp3) is 0.455. The van der Waals surface area contributed by atoms with Crippen LogP contribution in [0.4, 0.5) is 0 Å². The second-order valence-electron chi connectivity index (χ2n) is 3.53. The Bertz CT molecular complexity index is 281. The van der Waals surface area contributed by atoms with Crippen LogP contribution in [0.1, 0.15) is 18.1 Å². The minimum atomic E-state index is 0.0848. The number of nitrogens with two attached hydrogens (primary N) is 1. The van der Waals surface area contributed by atoms with E-state index in [0.717, 1.165) is 5.75 Å². The topological polar surface area (TPSA) is 35.2 Å². The van der Waals surface area contributed by atoms with Crippen molar-refractivity contribution in [3.63, 3.8) is 0 Å². The Hall–Kier alpha value is -1.02. The first-order valence-corrected chi connectivity index (χ1v) is 4.55. The highest BCUT2D eigenvalue weighted by Crippen LogP contribution is 2.16. The van der Waals surface area contributed by atoms with E-state index in [1.807, 2.05) is 19.1 Å². The van der Waals surface area contributed by atoms with Crippen LogP contribution >= 0.6 is 0 Å². The number of aryl methyl sites for hydroxylation is 2. The van der Waals surface area contributed by atoms with Gasteiger partial charge >= 0.3 is 0 Å². The van der Waals surface area contributed by atoms with Crippen LogP contribution in [0.3, 0.4) is 0 Å². The van der Waals surface area contributed by atoms with Crippen LogP contribution in [0.25, 0.3) is 0 Å². The van der Waals surface area contributed by atoms with Crippen molar-refractivity contribution in [2.45, 2.75) is 26.8 Å². The molecule has 2 heteroatoms. The zero-order valence-electron chi connectivity index (χ0n) is 8.50. The van der Waals surface area contributed by atoms with Crippen molar-refractivity contribution in [1.82, 2.24) is 0 Å². The molecule has 1 rings (SSSR count). The summed E-state index contributed by atoms with van der Waals surface area (Å²) >= 11 is 0. The van der Waals surface area contributed by atoms with Gasteiger partial charge in [0.15, 0.2) is 0 Å². The maximum Gasteiger partial charge on any atom is 0.119 e. The molecule has 0 saturated heterocycles. The highest BCUT2D eigenvalue weighted by molar-refractivity contribution is 5.33. The summed E-state index contributed by atoms with van der Waals surface area (Å²) in [6, 6.07) is 6.16. The van der Waals surface area contributed by atoms with E-state index in [1.54, 1.807) is 0 Å². The van der Waals surface area contributed by atoms with Crippen molar-refractivity contribution in [3.05, 3.63) is 29.3 Å². The monoisotopic (exact) mass is 179 g/mol. The standard InChI is InChI=1S/C11H17NO/c1-8-4-5-11(6-9(8)2)13-7-10(3)12/h4-6,10H,7,12H2,1-3H3/t10-/m0/s1. The van der Waals surface area contributed by atoms with Gasteiger partial charge in [0, 0.05) is 6.04 Å². The molecule has 0 aliphatic carbocycles. The minimum Gasteiger partial charge on any atom is -0.492 e. The van der Waals surface area contributed by atoms with Crippen LogP contribution in [0, 0.1) is 13.8 Å². The molecule has 72 valence electrons. The highest BCUT2D eigenvalue weighted by Gasteiger charge is 1.98. The Kier molecular flexibility index (Phi) is 3.32. The van der Waals surface area contributed by atoms with Crippen LogP contribution in [-0.4, -0.2) is 12.6 Å². The van der Waals surface area contributed by atoms with Gasteiger partial charge in [0.25, 0.3) is 0 Å². The predicted octanol–water partition coefficient (Wildman–Crippen LogP) is 2.03. The summed E-state index contributed by atoms with van der Waals surface area (Å²) in [5.74, 6) is 0.903. The third-order valence-corrected chi connectivity index (χ3v) is 1.99. The third-order valence-electron chi connectivity index (χ3n) is 1.99. The molecular weight excluding hydrogens is 162 g/mol. The molecule has 2 N–H and O–H groups in total. The summed E-state index contributed by atoms with van der Waals surface area (Å²) < 4.78 is 5.48. The van der Waals surface area contributed by atoms with Crippen molar-refractivity contribution in [2.24, 2.45) is 5.73 Å². The van der Waals surface area contributed by atoms with E-state index >= 15 is 0 Å². The smallest absolute Gasteiger partial charge is 0.119 e. The van der Waals surface area contributed by atoms with E-state index in [0.29, 0.717) is 6.61 Å². The fourth-order valence-electron chi connectivity index (χ4n) is 1.03. The van der Waals surface area contributed by atoms with Gasteiger partial charge in [-0.25, -0.2) is 0 Å².